The number of nitrogens with one attached hydrogen (secondary N) is 2. The molecule has 0 aromatic carbocycles. The maximum Gasteiger partial charge on any atom is 0.238 e. The Kier molecular flexibility index (Phi) is 3.48. The predicted octanol–water partition coefficient (Wildman–Crippen LogP) is 2.21. The lowest BCUT2D eigenvalue weighted by atomic mass is 9.77. The van der Waals surface area contributed by atoms with Crippen LogP contribution in [0.5, 0.6) is 0 Å². The molecule has 2 N–H and O–H groups in total. The standard InChI is InChI=1S/C14H26N2O/c1-13(2)7-6-10-15-11(13)12(17)16-14(3)8-4-5-9-14/h11,15H,4-10H2,1-3H3,(H,16,17). The van der Waals surface area contributed by atoms with Crippen LogP contribution in [0.4, 0.5) is 0 Å². The van der Waals surface area contributed by atoms with Crippen molar-refractivity contribution in [2.24, 2.45) is 5.41 Å². The second-order valence-corrected chi connectivity index (χ2v) is 6.74. The first kappa shape index (κ1) is 12.9. The van der Waals surface area contributed by atoms with Gasteiger partial charge in [-0.3, -0.25) is 4.79 Å². The van der Waals surface area contributed by atoms with E-state index in [1.54, 1.807) is 0 Å². The summed E-state index contributed by atoms with van der Waals surface area (Å²) < 4.78 is 0. The van der Waals surface area contributed by atoms with Crippen LogP contribution in [0.3, 0.4) is 0 Å². The van der Waals surface area contributed by atoms with E-state index in [4.69, 9.17) is 0 Å². The van der Waals surface area contributed by atoms with Crippen LogP contribution in [0.1, 0.15) is 59.3 Å². The van der Waals surface area contributed by atoms with Gasteiger partial charge in [-0.15, -0.1) is 0 Å². The van der Waals surface area contributed by atoms with E-state index >= 15 is 0 Å². The van der Waals surface area contributed by atoms with Gasteiger partial charge in [-0.1, -0.05) is 26.7 Å². The number of rotatable bonds is 2. The fraction of sp³-hybridized carbons (Fsp3) is 0.929. The van der Waals surface area contributed by atoms with Gasteiger partial charge in [0.15, 0.2) is 0 Å². The molecular formula is C14H26N2O. The molecule has 1 saturated carbocycles. The van der Waals surface area contributed by atoms with Gasteiger partial charge < -0.3 is 10.6 Å². The van der Waals surface area contributed by atoms with Crippen molar-refractivity contribution in [2.45, 2.75) is 70.9 Å². The van der Waals surface area contributed by atoms with Gasteiger partial charge >= 0.3 is 0 Å². The molecule has 1 heterocycles. The zero-order valence-corrected chi connectivity index (χ0v) is 11.4. The molecule has 2 fully saturated rings. The van der Waals surface area contributed by atoms with Crippen molar-refractivity contribution in [3.63, 3.8) is 0 Å². The Bertz CT molecular complexity index is 293. The average molecular weight is 238 g/mol. The molecule has 0 aromatic heterocycles. The van der Waals surface area contributed by atoms with Gasteiger partial charge in [0, 0.05) is 5.54 Å². The maximum atomic E-state index is 12.4. The first-order valence-electron chi connectivity index (χ1n) is 6.98. The van der Waals surface area contributed by atoms with E-state index in [9.17, 15) is 4.79 Å². The highest BCUT2D eigenvalue weighted by atomic mass is 16.2. The van der Waals surface area contributed by atoms with Crippen LogP contribution >= 0.6 is 0 Å². The Hall–Kier alpha value is -0.570. The molecule has 17 heavy (non-hydrogen) atoms. The Morgan fingerprint density at radius 1 is 1.12 bits per heavy atom. The minimum absolute atomic E-state index is 0.0197. The van der Waals surface area contributed by atoms with E-state index < -0.39 is 0 Å². The van der Waals surface area contributed by atoms with Gasteiger partial charge in [0.1, 0.15) is 0 Å². The van der Waals surface area contributed by atoms with Crippen LogP contribution in [-0.4, -0.2) is 24.0 Å². The monoisotopic (exact) mass is 238 g/mol. The smallest absolute Gasteiger partial charge is 0.238 e. The summed E-state index contributed by atoms with van der Waals surface area (Å²) in [6, 6.07) is -0.0197. The summed E-state index contributed by atoms with van der Waals surface area (Å²) in [5.41, 5.74) is 0.129. The van der Waals surface area contributed by atoms with Crippen LogP contribution in [0.25, 0.3) is 0 Å². The SMILES string of the molecule is CC1(NC(=O)C2NCCCC2(C)C)CCCC1. The quantitative estimate of drug-likeness (QED) is 0.774. The van der Waals surface area contributed by atoms with Crippen molar-refractivity contribution in [2.75, 3.05) is 6.54 Å². The molecule has 1 aliphatic heterocycles. The summed E-state index contributed by atoms with van der Waals surface area (Å²) in [4.78, 5) is 12.4. The number of hydrogen-bond acceptors (Lipinski definition) is 2. The van der Waals surface area contributed by atoms with Gasteiger partial charge in [0.05, 0.1) is 6.04 Å². The predicted molar refractivity (Wildman–Crippen MR) is 69.8 cm³/mol. The number of piperidine rings is 1. The van der Waals surface area contributed by atoms with Crippen molar-refractivity contribution in [3.05, 3.63) is 0 Å². The minimum atomic E-state index is -0.0197. The number of amides is 1. The van der Waals surface area contributed by atoms with E-state index in [1.165, 1.54) is 19.3 Å². The Morgan fingerprint density at radius 2 is 1.76 bits per heavy atom. The molecule has 98 valence electrons. The third-order valence-electron chi connectivity index (χ3n) is 4.52. The van der Waals surface area contributed by atoms with Crippen LogP contribution in [0, 0.1) is 5.41 Å². The van der Waals surface area contributed by atoms with E-state index in [2.05, 4.69) is 31.4 Å². The highest BCUT2D eigenvalue weighted by molar-refractivity contribution is 5.83. The zero-order chi connectivity index (χ0) is 12.5. The lowest BCUT2D eigenvalue weighted by Gasteiger charge is -2.40. The summed E-state index contributed by atoms with van der Waals surface area (Å²) in [7, 11) is 0. The van der Waals surface area contributed by atoms with Crippen LogP contribution in [-0.2, 0) is 4.79 Å². The minimum Gasteiger partial charge on any atom is -0.350 e. The van der Waals surface area contributed by atoms with Crippen molar-refractivity contribution < 1.29 is 4.79 Å². The van der Waals surface area contributed by atoms with Gasteiger partial charge in [0.25, 0.3) is 0 Å². The fourth-order valence-electron chi connectivity index (χ4n) is 3.31. The summed E-state index contributed by atoms with van der Waals surface area (Å²) in [5, 5.41) is 6.67. The topological polar surface area (TPSA) is 41.1 Å². The van der Waals surface area contributed by atoms with Gasteiger partial charge in [-0.2, -0.15) is 0 Å². The number of carbonyl (C=O) groups is 1. The second-order valence-electron chi connectivity index (χ2n) is 6.74. The average Bonchev–Trinajstić information content (AvgIpc) is 2.63. The molecule has 0 spiro atoms. The first-order chi connectivity index (χ1) is 7.93. The molecular weight excluding hydrogens is 212 g/mol. The molecule has 2 rings (SSSR count). The summed E-state index contributed by atoms with van der Waals surface area (Å²) >= 11 is 0. The number of carbonyl (C=O) groups excluding carboxylic acids is 1. The van der Waals surface area contributed by atoms with E-state index in [0.717, 1.165) is 25.8 Å². The normalized spacial score (nSPS) is 31.1. The van der Waals surface area contributed by atoms with Crippen LogP contribution in [0.2, 0.25) is 0 Å². The Morgan fingerprint density at radius 3 is 2.35 bits per heavy atom. The van der Waals surface area contributed by atoms with E-state index in [0.29, 0.717) is 0 Å². The second kappa shape index (κ2) is 4.60. The summed E-state index contributed by atoms with van der Waals surface area (Å²) in [6.45, 7) is 7.55. The van der Waals surface area contributed by atoms with E-state index in [1.807, 2.05) is 0 Å². The van der Waals surface area contributed by atoms with E-state index in [-0.39, 0.29) is 22.9 Å². The molecule has 0 bridgehead atoms. The molecule has 1 unspecified atom stereocenters. The summed E-state index contributed by atoms with van der Waals surface area (Å²) in [6.07, 6.45) is 7.07. The van der Waals surface area contributed by atoms with Gasteiger partial charge in [-0.05, 0) is 44.6 Å². The molecule has 3 heteroatoms. The van der Waals surface area contributed by atoms with Crippen molar-refractivity contribution in [3.8, 4) is 0 Å². The van der Waals surface area contributed by atoms with Gasteiger partial charge in [-0.25, -0.2) is 0 Å². The zero-order valence-electron chi connectivity index (χ0n) is 11.4. The van der Waals surface area contributed by atoms with Crippen molar-refractivity contribution in [1.29, 1.82) is 0 Å². The third kappa shape index (κ3) is 2.82. The first-order valence-corrected chi connectivity index (χ1v) is 6.98. The third-order valence-corrected chi connectivity index (χ3v) is 4.52. The molecule has 1 amide bonds. The molecule has 2 aliphatic rings. The highest BCUT2D eigenvalue weighted by Gasteiger charge is 2.40. The Labute approximate surface area is 105 Å². The lowest BCUT2D eigenvalue weighted by Crippen LogP contribution is -2.59. The maximum absolute atomic E-state index is 12.4. The van der Waals surface area contributed by atoms with Crippen LogP contribution in [0.15, 0.2) is 0 Å². The molecule has 1 atom stereocenters. The molecule has 0 aromatic rings. The largest absolute Gasteiger partial charge is 0.350 e. The summed E-state index contributed by atoms with van der Waals surface area (Å²) in [5.74, 6) is 0.208. The number of hydrogen-bond donors (Lipinski definition) is 2. The highest BCUT2D eigenvalue weighted by Crippen LogP contribution is 2.33. The lowest BCUT2D eigenvalue weighted by molar-refractivity contribution is -0.128. The van der Waals surface area contributed by atoms with Crippen LogP contribution < -0.4 is 10.6 Å². The molecule has 0 radical (unpaired) electrons. The molecule has 1 aliphatic carbocycles. The Balaban J connectivity index is 1.99. The molecule has 3 nitrogen and oxygen atoms in total. The van der Waals surface area contributed by atoms with Crippen molar-refractivity contribution in [1.82, 2.24) is 10.6 Å². The van der Waals surface area contributed by atoms with Crippen molar-refractivity contribution >= 4 is 5.91 Å². The van der Waals surface area contributed by atoms with Gasteiger partial charge in [0.2, 0.25) is 5.91 Å². The fourth-order valence-corrected chi connectivity index (χ4v) is 3.31. The molecule has 1 saturated heterocycles.